The minimum atomic E-state index is -1.12. The topological polar surface area (TPSA) is 75.4 Å². The molecule has 0 atom stereocenters. The van der Waals surface area contributed by atoms with E-state index in [4.69, 9.17) is 34.0 Å². The highest BCUT2D eigenvalue weighted by Gasteiger charge is 2.33. The third kappa shape index (κ3) is 4.16. The normalized spacial score (nSPS) is 15.2. The van der Waals surface area contributed by atoms with Crippen LogP contribution in [-0.2, 0) is 9.59 Å². The van der Waals surface area contributed by atoms with Crippen LogP contribution in [0.1, 0.15) is 5.56 Å². The SMILES string of the molecule is O=C(O)CN1C(=O)/C(=C/c2cn(-c3ccccc3)nc2-c2cccc(Cl)c2)SC1=S. The first-order chi connectivity index (χ1) is 14.4. The number of hydrogen-bond acceptors (Lipinski definition) is 5. The molecule has 2 aromatic carbocycles. The number of halogens is 1. The van der Waals surface area contributed by atoms with Crippen LogP contribution in [-0.4, -0.2) is 42.5 Å². The van der Waals surface area contributed by atoms with Gasteiger partial charge in [0.1, 0.15) is 16.6 Å². The molecule has 1 saturated heterocycles. The van der Waals surface area contributed by atoms with Crippen LogP contribution in [0.5, 0.6) is 0 Å². The van der Waals surface area contributed by atoms with Gasteiger partial charge in [-0.25, -0.2) is 4.68 Å². The summed E-state index contributed by atoms with van der Waals surface area (Å²) in [6, 6.07) is 16.9. The Kier molecular flexibility index (Phi) is 5.72. The standard InChI is InChI=1S/C21H14ClN3O3S2/c22-15-6-4-5-13(9-15)19-14(11-25(23-19)16-7-2-1-3-8-16)10-17-20(28)24(12-18(26)27)21(29)30-17/h1-11H,12H2,(H,26,27)/b17-10-. The predicted octanol–water partition coefficient (Wildman–Crippen LogP) is 4.48. The van der Waals surface area contributed by atoms with Crippen molar-refractivity contribution in [1.82, 2.24) is 14.7 Å². The summed E-state index contributed by atoms with van der Waals surface area (Å²) in [6.07, 6.45) is 3.50. The Morgan fingerprint density at radius 2 is 1.97 bits per heavy atom. The van der Waals surface area contributed by atoms with Crippen LogP contribution >= 0.6 is 35.6 Å². The molecule has 0 unspecified atom stereocenters. The predicted molar refractivity (Wildman–Crippen MR) is 122 cm³/mol. The highest BCUT2D eigenvalue weighted by Crippen LogP contribution is 2.35. The van der Waals surface area contributed by atoms with E-state index < -0.39 is 18.4 Å². The van der Waals surface area contributed by atoms with Crippen molar-refractivity contribution in [2.75, 3.05) is 6.54 Å². The van der Waals surface area contributed by atoms with Gasteiger partial charge in [0.05, 0.1) is 10.6 Å². The molecule has 1 N–H and O–H groups in total. The average molecular weight is 456 g/mol. The van der Waals surface area contributed by atoms with Gasteiger partial charge in [-0.3, -0.25) is 14.5 Å². The van der Waals surface area contributed by atoms with Gasteiger partial charge in [-0.1, -0.05) is 65.9 Å². The van der Waals surface area contributed by atoms with Gasteiger partial charge in [0.15, 0.2) is 0 Å². The summed E-state index contributed by atoms with van der Waals surface area (Å²) in [5.74, 6) is -1.55. The number of carboxylic acids is 1. The van der Waals surface area contributed by atoms with Crippen LogP contribution in [0.2, 0.25) is 5.02 Å². The second-order valence-corrected chi connectivity index (χ2v) is 8.50. The number of thiocarbonyl (C=S) groups is 1. The summed E-state index contributed by atoms with van der Waals surface area (Å²) in [7, 11) is 0. The number of carboxylic acid groups (broad SMARTS) is 1. The van der Waals surface area contributed by atoms with E-state index in [1.54, 1.807) is 22.9 Å². The van der Waals surface area contributed by atoms with Crippen LogP contribution in [0.15, 0.2) is 65.7 Å². The first kappa shape index (κ1) is 20.3. The Hall–Kier alpha value is -2.94. The van der Waals surface area contributed by atoms with Crippen molar-refractivity contribution < 1.29 is 14.7 Å². The largest absolute Gasteiger partial charge is 0.480 e. The molecule has 9 heteroatoms. The molecular weight excluding hydrogens is 442 g/mol. The van der Waals surface area contributed by atoms with Gasteiger partial charge in [0.2, 0.25) is 0 Å². The van der Waals surface area contributed by atoms with E-state index >= 15 is 0 Å². The van der Waals surface area contributed by atoms with E-state index in [-0.39, 0.29) is 4.32 Å². The molecule has 6 nitrogen and oxygen atoms in total. The Morgan fingerprint density at radius 3 is 2.67 bits per heavy atom. The molecular formula is C21H14ClN3O3S2. The van der Waals surface area contributed by atoms with Crippen molar-refractivity contribution in [1.29, 1.82) is 0 Å². The number of aliphatic carboxylic acids is 1. The molecule has 0 spiro atoms. The van der Waals surface area contributed by atoms with E-state index in [9.17, 15) is 9.59 Å². The second-order valence-electron chi connectivity index (χ2n) is 6.39. The van der Waals surface area contributed by atoms with Crippen LogP contribution in [0.4, 0.5) is 0 Å². The molecule has 3 aromatic rings. The van der Waals surface area contributed by atoms with E-state index in [1.165, 1.54) is 0 Å². The Morgan fingerprint density at radius 1 is 1.20 bits per heavy atom. The zero-order chi connectivity index (χ0) is 21.3. The summed E-state index contributed by atoms with van der Waals surface area (Å²) in [6.45, 7) is -0.466. The number of carbonyl (C=O) groups excluding carboxylic acids is 1. The minimum Gasteiger partial charge on any atom is -0.480 e. The number of nitrogens with zero attached hydrogens (tertiary/aromatic N) is 3. The average Bonchev–Trinajstić information content (AvgIpc) is 3.25. The lowest BCUT2D eigenvalue weighted by Gasteiger charge is -2.10. The van der Waals surface area contributed by atoms with Gasteiger partial charge in [0, 0.05) is 22.3 Å². The number of carbonyl (C=O) groups is 2. The summed E-state index contributed by atoms with van der Waals surface area (Å²) in [5.41, 5.74) is 2.99. The number of para-hydroxylation sites is 1. The molecule has 0 saturated carbocycles. The summed E-state index contributed by atoms with van der Waals surface area (Å²) < 4.78 is 1.94. The maximum Gasteiger partial charge on any atom is 0.323 e. The van der Waals surface area contributed by atoms with Crippen molar-refractivity contribution in [3.05, 3.63) is 76.3 Å². The number of benzene rings is 2. The fourth-order valence-corrected chi connectivity index (χ4v) is 4.42. The van der Waals surface area contributed by atoms with E-state index in [0.29, 0.717) is 21.2 Å². The smallest absolute Gasteiger partial charge is 0.323 e. The maximum absolute atomic E-state index is 12.7. The zero-order valence-electron chi connectivity index (χ0n) is 15.4. The molecule has 1 aliphatic heterocycles. The monoisotopic (exact) mass is 455 g/mol. The van der Waals surface area contributed by atoms with Gasteiger partial charge in [-0.15, -0.1) is 0 Å². The van der Waals surface area contributed by atoms with Crippen LogP contribution in [0.3, 0.4) is 0 Å². The summed E-state index contributed by atoms with van der Waals surface area (Å²) in [5, 5.41) is 14.3. The van der Waals surface area contributed by atoms with Gasteiger partial charge in [-0.05, 0) is 30.3 Å². The lowest BCUT2D eigenvalue weighted by molar-refractivity contribution is -0.140. The molecule has 150 valence electrons. The van der Waals surface area contributed by atoms with Crippen molar-refractivity contribution >= 4 is 57.9 Å². The van der Waals surface area contributed by atoms with Gasteiger partial charge < -0.3 is 5.11 Å². The number of thioether (sulfide) groups is 1. The van der Waals surface area contributed by atoms with Crippen LogP contribution < -0.4 is 0 Å². The molecule has 4 rings (SSSR count). The number of amides is 1. The van der Waals surface area contributed by atoms with Gasteiger partial charge >= 0.3 is 5.97 Å². The van der Waals surface area contributed by atoms with Crippen molar-refractivity contribution in [2.45, 2.75) is 0 Å². The first-order valence-corrected chi connectivity index (χ1v) is 10.4. The Balaban J connectivity index is 1.80. The lowest BCUT2D eigenvalue weighted by atomic mass is 10.1. The lowest BCUT2D eigenvalue weighted by Crippen LogP contribution is -2.33. The fourth-order valence-electron chi connectivity index (χ4n) is 2.98. The van der Waals surface area contributed by atoms with Crippen molar-refractivity contribution in [3.8, 4) is 16.9 Å². The zero-order valence-corrected chi connectivity index (χ0v) is 17.7. The minimum absolute atomic E-state index is 0.216. The van der Waals surface area contributed by atoms with Crippen molar-refractivity contribution in [2.24, 2.45) is 0 Å². The molecule has 0 bridgehead atoms. The maximum atomic E-state index is 12.7. The highest BCUT2D eigenvalue weighted by atomic mass is 35.5. The molecule has 30 heavy (non-hydrogen) atoms. The third-order valence-corrected chi connectivity index (χ3v) is 5.93. The van der Waals surface area contributed by atoms with Gasteiger partial charge in [-0.2, -0.15) is 5.10 Å². The second kappa shape index (κ2) is 8.43. The Bertz CT molecular complexity index is 1190. The highest BCUT2D eigenvalue weighted by molar-refractivity contribution is 8.26. The van der Waals surface area contributed by atoms with Crippen LogP contribution in [0.25, 0.3) is 23.0 Å². The number of rotatable bonds is 5. The molecule has 2 heterocycles. The molecule has 1 aliphatic rings. The third-order valence-electron chi connectivity index (χ3n) is 4.31. The summed E-state index contributed by atoms with van der Waals surface area (Å²) >= 11 is 12.4. The van der Waals surface area contributed by atoms with Gasteiger partial charge in [0.25, 0.3) is 5.91 Å². The molecule has 0 aliphatic carbocycles. The van der Waals surface area contributed by atoms with E-state index in [0.717, 1.165) is 27.9 Å². The Labute approximate surface area is 186 Å². The number of aromatic nitrogens is 2. The van der Waals surface area contributed by atoms with E-state index in [2.05, 4.69) is 0 Å². The quantitative estimate of drug-likeness (QED) is 0.451. The number of hydrogen-bond donors (Lipinski definition) is 1. The first-order valence-electron chi connectivity index (χ1n) is 8.80. The molecule has 1 amide bonds. The fraction of sp³-hybridized carbons (Fsp3) is 0.0476. The molecule has 0 radical (unpaired) electrons. The van der Waals surface area contributed by atoms with Crippen LogP contribution in [0, 0.1) is 0 Å². The molecule has 1 fully saturated rings. The van der Waals surface area contributed by atoms with Crippen molar-refractivity contribution in [3.63, 3.8) is 0 Å². The van der Waals surface area contributed by atoms with E-state index in [1.807, 2.05) is 48.7 Å². The molecule has 1 aromatic heterocycles. The summed E-state index contributed by atoms with van der Waals surface area (Å²) in [4.78, 5) is 25.1.